The summed E-state index contributed by atoms with van der Waals surface area (Å²) in [6, 6.07) is 3.35. The zero-order valence-corrected chi connectivity index (χ0v) is 11.4. The van der Waals surface area contributed by atoms with Gasteiger partial charge in [-0.3, -0.25) is 14.6 Å². The predicted octanol–water partition coefficient (Wildman–Crippen LogP) is 1.81. The lowest BCUT2D eigenvalue weighted by Gasteiger charge is -2.25. The van der Waals surface area contributed by atoms with Crippen molar-refractivity contribution in [2.24, 2.45) is 10.9 Å². The Labute approximate surface area is 121 Å². The average molecular weight is 279 g/mol. The molecule has 1 N–H and O–H groups in total. The second-order valence-corrected chi connectivity index (χ2v) is 4.90. The number of carbonyl (C=O) groups is 2. The predicted molar refractivity (Wildman–Crippen MR) is 78.6 cm³/mol. The summed E-state index contributed by atoms with van der Waals surface area (Å²) in [4.78, 5) is 31.5. The number of aliphatic imine (C=N–C) groups is 1. The van der Waals surface area contributed by atoms with Gasteiger partial charge in [0, 0.05) is 30.1 Å². The first-order valence-electron chi connectivity index (χ1n) is 6.55. The topological polar surface area (TPSA) is 71.4 Å². The zero-order chi connectivity index (χ0) is 14.8. The van der Waals surface area contributed by atoms with Gasteiger partial charge in [-0.25, -0.2) is 4.99 Å². The Morgan fingerprint density at radius 2 is 2.24 bits per heavy atom. The molecular weight excluding hydrogens is 266 g/mol. The van der Waals surface area contributed by atoms with Crippen LogP contribution in [0.5, 0.6) is 0 Å². The van der Waals surface area contributed by atoms with Crippen molar-refractivity contribution in [3.63, 3.8) is 0 Å². The molecule has 0 saturated heterocycles. The van der Waals surface area contributed by atoms with Crippen LogP contribution in [0.15, 0.2) is 65.1 Å². The molecule has 21 heavy (non-hydrogen) atoms. The molecule has 1 aromatic heterocycles. The van der Waals surface area contributed by atoms with Gasteiger partial charge in [0.2, 0.25) is 5.91 Å². The molecule has 3 rings (SSSR count). The van der Waals surface area contributed by atoms with E-state index in [0.717, 1.165) is 11.3 Å². The van der Waals surface area contributed by atoms with Gasteiger partial charge in [-0.2, -0.15) is 0 Å². The molecule has 0 aromatic carbocycles. The minimum Gasteiger partial charge on any atom is -0.325 e. The van der Waals surface area contributed by atoms with Crippen LogP contribution in [0, 0.1) is 5.92 Å². The summed E-state index contributed by atoms with van der Waals surface area (Å²) in [5, 5.41) is 2.78. The molecule has 2 amide bonds. The van der Waals surface area contributed by atoms with E-state index in [4.69, 9.17) is 0 Å². The summed E-state index contributed by atoms with van der Waals surface area (Å²) < 4.78 is 0. The van der Waals surface area contributed by atoms with E-state index < -0.39 is 0 Å². The van der Waals surface area contributed by atoms with Crippen molar-refractivity contribution in [1.29, 1.82) is 0 Å². The molecule has 2 aliphatic rings. The van der Waals surface area contributed by atoms with E-state index in [1.807, 2.05) is 13.0 Å². The number of amides is 2. The Morgan fingerprint density at radius 1 is 1.38 bits per heavy atom. The number of rotatable bonds is 1. The van der Waals surface area contributed by atoms with Gasteiger partial charge in [0.25, 0.3) is 5.91 Å². The van der Waals surface area contributed by atoms with Gasteiger partial charge in [-0.15, -0.1) is 0 Å². The molecule has 1 atom stereocenters. The summed E-state index contributed by atoms with van der Waals surface area (Å²) >= 11 is 0. The van der Waals surface area contributed by atoms with E-state index >= 15 is 0 Å². The zero-order valence-electron chi connectivity index (χ0n) is 11.4. The number of hydrogen-bond acceptors (Lipinski definition) is 3. The Kier molecular flexibility index (Phi) is 3.31. The molecule has 0 fully saturated rings. The number of pyridine rings is 1. The number of nitrogens with one attached hydrogen (secondary N) is 1. The first kappa shape index (κ1) is 13.2. The van der Waals surface area contributed by atoms with Crippen molar-refractivity contribution in [2.45, 2.75) is 6.92 Å². The lowest BCUT2D eigenvalue weighted by molar-refractivity contribution is -0.116. The third kappa shape index (κ3) is 2.72. The van der Waals surface area contributed by atoms with Crippen LogP contribution < -0.4 is 5.32 Å². The van der Waals surface area contributed by atoms with E-state index in [-0.39, 0.29) is 17.7 Å². The number of nitrogens with zero attached hydrogens (tertiary/aromatic N) is 2. The molecule has 1 unspecified atom stereocenters. The quantitative estimate of drug-likeness (QED) is 0.852. The highest BCUT2D eigenvalue weighted by Crippen LogP contribution is 2.26. The second kappa shape index (κ2) is 5.28. The van der Waals surface area contributed by atoms with E-state index in [2.05, 4.69) is 15.3 Å². The molecule has 5 heteroatoms. The summed E-state index contributed by atoms with van der Waals surface area (Å²) in [6.45, 7) is 1.91. The second-order valence-electron chi connectivity index (χ2n) is 4.90. The van der Waals surface area contributed by atoms with E-state index in [0.29, 0.717) is 11.3 Å². The van der Waals surface area contributed by atoms with Crippen molar-refractivity contribution in [1.82, 2.24) is 10.3 Å². The van der Waals surface area contributed by atoms with Crippen molar-refractivity contribution in [2.75, 3.05) is 0 Å². The van der Waals surface area contributed by atoms with Gasteiger partial charge >= 0.3 is 0 Å². The molecule has 104 valence electrons. The van der Waals surface area contributed by atoms with Gasteiger partial charge in [0.15, 0.2) is 0 Å². The van der Waals surface area contributed by atoms with Crippen LogP contribution in [-0.4, -0.2) is 22.5 Å². The molecule has 1 aliphatic carbocycles. The number of hydrogen-bond donors (Lipinski definition) is 1. The van der Waals surface area contributed by atoms with Crippen molar-refractivity contribution in [3.05, 3.63) is 65.7 Å². The SMILES string of the molecule is CC1=CC(=O)NC2=CC(=NC(=O)c3cccnc3)C=CC12. The van der Waals surface area contributed by atoms with Gasteiger partial charge in [-0.05, 0) is 31.2 Å². The molecule has 1 aliphatic heterocycles. The minimum absolute atomic E-state index is 0.0511. The summed E-state index contributed by atoms with van der Waals surface area (Å²) in [7, 11) is 0. The van der Waals surface area contributed by atoms with Crippen LogP contribution in [-0.2, 0) is 4.79 Å². The normalized spacial score (nSPS) is 22.2. The highest BCUT2D eigenvalue weighted by Gasteiger charge is 2.23. The summed E-state index contributed by atoms with van der Waals surface area (Å²) in [6.07, 6.45) is 10.1. The fourth-order valence-electron chi connectivity index (χ4n) is 2.32. The minimum atomic E-state index is -0.354. The monoisotopic (exact) mass is 279 g/mol. The van der Waals surface area contributed by atoms with Crippen LogP contribution in [0.1, 0.15) is 17.3 Å². The maximum atomic E-state index is 12.0. The molecule has 1 aromatic rings. The van der Waals surface area contributed by atoms with Crippen LogP contribution in [0.2, 0.25) is 0 Å². The van der Waals surface area contributed by atoms with Crippen LogP contribution in [0.4, 0.5) is 0 Å². The summed E-state index contributed by atoms with van der Waals surface area (Å²) in [5.41, 5.74) is 2.67. The third-order valence-corrected chi connectivity index (χ3v) is 3.35. The fourth-order valence-corrected chi connectivity index (χ4v) is 2.32. The molecule has 2 heterocycles. The number of aromatic nitrogens is 1. The van der Waals surface area contributed by atoms with E-state index in [1.54, 1.807) is 36.6 Å². The molecule has 5 nitrogen and oxygen atoms in total. The smallest absolute Gasteiger partial charge is 0.279 e. The van der Waals surface area contributed by atoms with Gasteiger partial charge in [0.05, 0.1) is 11.3 Å². The Morgan fingerprint density at radius 3 is 3.00 bits per heavy atom. The third-order valence-electron chi connectivity index (χ3n) is 3.35. The number of fused-ring (bicyclic) bond motifs is 1. The van der Waals surface area contributed by atoms with Crippen molar-refractivity contribution >= 4 is 17.5 Å². The molecule has 0 spiro atoms. The van der Waals surface area contributed by atoms with Gasteiger partial charge < -0.3 is 5.32 Å². The lowest BCUT2D eigenvalue weighted by atomic mass is 9.89. The first-order chi connectivity index (χ1) is 10.1. The van der Waals surface area contributed by atoms with E-state index in [9.17, 15) is 9.59 Å². The maximum absolute atomic E-state index is 12.0. The highest BCUT2D eigenvalue weighted by molar-refractivity contribution is 6.14. The Balaban J connectivity index is 1.88. The van der Waals surface area contributed by atoms with Crippen LogP contribution >= 0.6 is 0 Å². The molecule has 0 saturated carbocycles. The van der Waals surface area contributed by atoms with E-state index in [1.165, 1.54) is 6.20 Å². The average Bonchev–Trinajstić information content (AvgIpc) is 2.47. The number of allylic oxidation sites excluding steroid dienone is 3. The van der Waals surface area contributed by atoms with Crippen LogP contribution in [0.25, 0.3) is 0 Å². The van der Waals surface area contributed by atoms with Crippen LogP contribution in [0.3, 0.4) is 0 Å². The highest BCUT2D eigenvalue weighted by atomic mass is 16.2. The number of carbonyl (C=O) groups excluding carboxylic acids is 2. The lowest BCUT2D eigenvalue weighted by Crippen LogP contribution is -2.32. The standard InChI is InChI=1S/C16H13N3O2/c1-10-7-15(20)19-14-8-12(4-5-13(10)14)18-16(21)11-3-2-6-17-9-11/h2-9,13H,1H3,(H,19,20). The van der Waals surface area contributed by atoms with Crippen molar-refractivity contribution in [3.8, 4) is 0 Å². The van der Waals surface area contributed by atoms with Crippen molar-refractivity contribution < 1.29 is 9.59 Å². The van der Waals surface area contributed by atoms with Gasteiger partial charge in [0.1, 0.15) is 0 Å². The van der Waals surface area contributed by atoms with Gasteiger partial charge in [-0.1, -0.05) is 11.6 Å². The molecule has 0 radical (unpaired) electrons. The fraction of sp³-hybridized carbons (Fsp3) is 0.125. The first-order valence-corrected chi connectivity index (χ1v) is 6.55. The Bertz CT molecular complexity index is 727. The molecular formula is C16H13N3O2. The summed E-state index contributed by atoms with van der Waals surface area (Å²) in [5.74, 6) is -0.453. The maximum Gasteiger partial charge on any atom is 0.279 e. The largest absolute Gasteiger partial charge is 0.325 e. The Hall–Kier alpha value is -2.82. The molecule has 0 bridgehead atoms.